The molecular weight excluding hydrogens is 254 g/mol. The van der Waals surface area contributed by atoms with E-state index in [4.69, 9.17) is 9.15 Å². The summed E-state index contributed by atoms with van der Waals surface area (Å²) < 4.78 is 10.5. The first kappa shape index (κ1) is 14.9. The molecular formula is C15H25N3O2. The van der Waals surface area contributed by atoms with Crippen molar-refractivity contribution >= 4 is 5.96 Å². The SMILES string of the molecule is CN=C(NCc1ccoc1)N(C)CCC1CCOCC1. The van der Waals surface area contributed by atoms with Gasteiger partial charge in [0.2, 0.25) is 0 Å². The molecule has 0 radical (unpaired) electrons. The van der Waals surface area contributed by atoms with Crippen LogP contribution in [-0.2, 0) is 11.3 Å². The van der Waals surface area contributed by atoms with Crippen molar-refractivity contribution in [2.75, 3.05) is 33.9 Å². The lowest BCUT2D eigenvalue weighted by Gasteiger charge is -2.26. The Hall–Kier alpha value is -1.49. The lowest BCUT2D eigenvalue weighted by molar-refractivity contribution is 0.0625. The minimum Gasteiger partial charge on any atom is -0.472 e. The van der Waals surface area contributed by atoms with Crippen LogP contribution in [0.5, 0.6) is 0 Å². The maximum atomic E-state index is 5.40. The van der Waals surface area contributed by atoms with Crippen molar-refractivity contribution in [1.82, 2.24) is 10.2 Å². The Labute approximate surface area is 121 Å². The summed E-state index contributed by atoms with van der Waals surface area (Å²) in [6.07, 6.45) is 7.02. The molecule has 0 saturated carbocycles. The van der Waals surface area contributed by atoms with Gasteiger partial charge in [-0.2, -0.15) is 0 Å². The van der Waals surface area contributed by atoms with E-state index in [1.54, 1.807) is 12.5 Å². The van der Waals surface area contributed by atoms with Gasteiger partial charge in [-0.15, -0.1) is 0 Å². The van der Waals surface area contributed by atoms with Crippen LogP contribution in [0.25, 0.3) is 0 Å². The Balaban J connectivity index is 1.72. The van der Waals surface area contributed by atoms with Crippen molar-refractivity contribution < 1.29 is 9.15 Å². The number of hydrogen-bond donors (Lipinski definition) is 1. The Morgan fingerprint density at radius 1 is 1.45 bits per heavy atom. The number of furan rings is 1. The molecule has 5 nitrogen and oxygen atoms in total. The quantitative estimate of drug-likeness (QED) is 0.662. The highest BCUT2D eigenvalue weighted by atomic mass is 16.5. The lowest BCUT2D eigenvalue weighted by atomic mass is 9.96. The summed E-state index contributed by atoms with van der Waals surface area (Å²) in [5.41, 5.74) is 1.13. The highest BCUT2D eigenvalue weighted by Gasteiger charge is 2.15. The summed E-state index contributed by atoms with van der Waals surface area (Å²) >= 11 is 0. The molecule has 0 aromatic carbocycles. The van der Waals surface area contributed by atoms with E-state index in [1.807, 2.05) is 13.1 Å². The second-order valence-corrected chi connectivity index (χ2v) is 5.30. The number of aliphatic imine (C=N–C) groups is 1. The first-order valence-electron chi connectivity index (χ1n) is 7.30. The Kier molecular flexibility index (Phi) is 5.92. The maximum Gasteiger partial charge on any atom is 0.193 e. The van der Waals surface area contributed by atoms with Crippen LogP contribution in [0.15, 0.2) is 28.0 Å². The fourth-order valence-electron chi connectivity index (χ4n) is 2.48. The third kappa shape index (κ3) is 4.56. The van der Waals surface area contributed by atoms with Gasteiger partial charge in [0.15, 0.2) is 5.96 Å². The zero-order valence-electron chi connectivity index (χ0n) is 12.5. The molecule has 1 aliphatic rings. The number of ether oxygens (including phenoxy) is 1. The summed E-state index contributed by atoms with van der Waals surface area (Å²) in [5, 5.41) is 3.35. The molecule has 0 aliphatic carbocycles. The molecule has 1 aromatic rings. The molecule has 2 rings (SSSR count). The van der Waals surface area contributed by atoms with E-state index in [-0.39, 0.29) is 0 Å². The molecule has 1 aromatic heterocycles. The molecule has 0 unspecified atom stereocenters. The molecule has 0 bridgehead atoms. The Morgan fingerprint density at radius 3 is 2.90 bits per heavy atom. The van der Waals surface area contributed by atoms with E-state index in [2.05, 4.69) is 22.3 Å². The van der Waals surface area contributed by atoms with Crippen molar-refractivity contribution in [2.24, 2.45) is 10.9 Å². The van der Waals surface area contributed by atoms with Crippen LogP contribution >= 0.6 is 0 Å². The fourth-order valence-corrected chi connectivity index (χ4v) is 2.48. The molecule has 1 aliphatic heterocycles. The first-order valence-corrected chi connectivity index (χ1v) is 7.30. The maximum absolute atomic E-state index is 5.40. The van der Waals surface area contributed by atoms with Crippen molar-refractivity contribution in [3.63, 3.8) is 0 Å². The number of rotatable bonds is 5. The lowest BCUT2D eigenvalue weighted by Crippen LogP contribution is -2.39. The van der Waals surface area contributed by atoms with Gasteiger partial charge in [0.1, 0.15) is 0 Å². The van der Waals surface area contributed by atoms with Gasteiger partial charge in [-0.05, 0) is 31.2 Å². The average Bonchev–Trinajstić information content (AvgIpc) is 3.00. The molecule has 0 spiro atoms. The van der Waals surface area contributed by atoms with Gasteiger partial charge in [0.05, 0.1) is 12.5 Å². The van der Waals surface area contributed by atoms with E-state index in [0.29, 0.717) is 0 Å². The summed E-state index contributed by atoms with van der Waals surface area (Å²) in [6.45, 7) is 3.60. The molecule has 1 saturated heterocycles. The fraction of sp³-hybridized carbons (Fsp3) is 0.667. The van der Waals surface area contributed by atoms with Gasteiger partial charge in [0, 0.05) is 46.0 Å². The zero-order chi connectivity index (χ0) is 14.2. The van der Waals surface area contributed by atoms with Gasteiger partial charge < -0.3 is 19.4 Å². The molecule has 1 N–H and O–H groups in total. The molecule has 20 heavy (non-hydrogen) atoms. The summed E-state index contributed by atoms with van der Waals surface area (Å²) in [6, 6.07) is 1.96. The number of nitrogens with one attached hydrogen (secondary N) is 1. The Morgan fingerprint density at radius 2 is 2.25 bits per heavy atom. The second-order valence-electron chi connectivity index (χ2n) is 5.30. The van der Waals surface area contributed by atoms with E-state index in [1.165, 1.54) is 19.3 Å². The molecule has 5 heteroatoms. The molecule has 112 valence electrons. The molecule has 1 fully saturated rings. The van der Waals surface area contributed by atoms with Crippen molar-refractivity contribution in [2.45, 2.75) is 25.8 Å². The van der Waals surface area contributed by atoms with Crippen LogP contribution < -0.4 is 5.32 Å². The van der Waals surface area contributed by atoms with E-state index in [0.717, 1.165) is 43.7 Å². The van der Waals surface area contributed by atoms with Crippen LogP contribution in [0.1, 0.15) is 24.8 Å². The number of guanidine groups is 1. The normalized spacial score (nSPS) is 17.2. The first-order chi connectivity index (χ1) is 9.79. The van der Waals surface area contributed by atoms with Crippen molar-refractivity contribution in [1.29, 1.82) is 0 Å². The zero-order valence-corrected chi connectivity index (χ0v) is 12.5. The molecule has 0 atom stereocenters. The van der Waals surface area contributed by atoms with Crippen molar-refractivity contribution in [3.8, 4) is 0 Å². The minimum atomic E-state index is 0.741. The van der Waals surface area contributed by atoms with E-state index in [9.17, 15) is 0 Å². The standard InChI is InChI=1S/C15H25N3O2/c1-16-15(17-11-14-6-10-20-12-14)18(2)7-3-13-4-8-19-9-5-13/h6,10,12-13H,3-5,7-9,11H2,1-2H3,(H,16,17). The third-order valence-corrected chi connectivity index (χ3v) is 3.82. The Bertz CT molecular complexity index is 397. The van der Waals surface area contributed by atoms with Crippen LogP contribution in [0.2, 0.25) is 0 Å². The van der Waals surface area contributed by atoms with Crippen LogP contribution in [0.3, 0.4) is 0 Å². The highest BCUT2D eigenvalue weighted by molar-refractivity contribution is 5.79. The second kappa shape index (κ2) is 7.94. The van der Waals surface area contributed by atoms with E-state index >= 15 is 0 Å². The van der Waals surface area contributed by atoms with Crippen LogP contribution in [0.4, 0.5) is 0 Å². The predicted octanol–water partition coefficient (Wildman–Crippen LogP) is 2.10. The van der Waals surface area contributed by atoms with Crippen LogP contribution in [-0.4, -0.2) is 44.7 Å². The minimum absolute atomic E-state index is 0.741. The summed E-state index contributed by atoms with van der Waals surface area (Å²) in [4.78, 5) is 6.52. The van der Waals surface area contributed by atoms with E-state index < -0.39 is 0 Å². The van der Waals surface area contributed by atoms with Gasteiger partial charge in [-0.1, -0.05) is 0 Å². The number of nitrogens with zero attached hydrogens (tertiary/aromatic N) is 2. The summed E-state index contributed by atoms with van der Waals surface area (Å²) in [7, 11) is 3.91. The highest BCUT2D eigenvalue weighted by Crippen LogP contribution is 2.18. The molecule has 2 heterocycles. The molecule has 0 amide bonds. The van der Waals surface area contributed by atoms with Crippen molar-refractivity contribution in [3.05, 3.63) is 24.2 Å². The smallest absolute Gasteiger partial charge is 0.193 e. The predicted molar refractivity (Wildman–Crippen MR) is 79.7 cm³/mol. The largest absolute Gasteiger partial charge is 0.472 e. The topological polar surface area (TPSA) is 50.0 Å². The van der Waals surface area contributed by atoms with Gasteiger partial charge in [-0.3, -0.25) is 4.99 Å². The average molecular weight is 279 g/mol. The van der Waals surface area contributed by atoms with Gasteiger partial charge in [-0.25, -0.2) is 0 Å². The third-order valence-electron chi connectivity index (χ3n) is 3.82. The van der Waals surface area contributed by atoms with Gasteiger partial charge in [0.25, 0.3) is 0 Å². The summed E-state index contributed by atoms with van der Waals surface area (Å²) in [5.74, 6) is 1.72. The van der Waals surface area contributed by atoms with Crippen LogP contribution in [0, 0.1) is 5.92 Å². The monoisotopic (exact) mass is 279 g/mol. The van der Waals surface area contributed by atoms with Gasteiger partial charge >= 0.3 is 0 Å². The number of hydrogen-bond acceptors (Lipinski definition) is 3.